The van der Waals surface area contributed by atoms with Gasteiger partial charge in [0.25, 0.3) is 0 Å². The van der Waals surface area contributed by atoms with E-state index >= 15 is 0 Å². The van der Waals surface area contributed by atoms with Crippen LogP contribution in [0.25, 0.3) is 0 Å². The topological polar surface area (TPSA) is 18.5 Å². The summed E-state index contributed by atoms with van der Waals surface area (Å²) in [4.78, 5) is 0. The second kappa shape index (κ2) is 9.00. The minimum atomic E-state index is 0.0273. The first-order valence-electron chi connectivity index (χ1n) is 6.52. The fourth-order valence-electron chi connectivity index (χ4n) is 1.10. The molecule has 0 saturated heterocycles. The molecule has 0 aromatic carbocycles. The van der Waals surface area contributed by atoms with Crippen LogP contribution in [0, 0.1) is 0 Å². The summed E-state index contributed by atoms with van der Waals surface area (Å²) in [6, 6.07) is 0. The summed E-state index contributed by atoms with van der Waals surface area (Å²) in [6.45, 7) is 18.6. The average Bonchev–Trinajstić information content (AvgIpc) is 2.19. The first kappa shape index (κ1) is 18.3. The van der Waals surface area contributed by atoms with Crippen molar-refractivity contribution in [2.75, 3.05) is 13.2 Å². The lowest BCUT2D eigenvalue weighted by molar-refractivity contribution is -0.124. The van der Waals surface area contributed by atoms with Crippen molar-refractivity contribution < 1.29 is 9.47 Å². The third kappa shape index (κ3) is 12.0. The molecule has 0 aliphatic rings. The Labute approximate surface area is 103 Å². The Hall–Kier alpha value is -0.0800. The number of ether oxygens (including phenoxy) is 2. The first-order chi connectivity index (χ1) is 7.24. The lowest BCUT2D eigenvalue weighted by atomic mass is 10.0. The molecular weight excluding hydrogens is 200 g/mol. The predicted molar refractivity (Wildman–Crippen MR) is 72.0 cm³/mol. The molecule has 2 heteroatoms. The van der Waals surface area contributed by atoms with Gasteiger partial charge in [-0.1, -0.05) is 13.8 Å². The molecule has 0 atom stereocenters. The molecule has 0 aliphatic heterocycles. The minimum absolute atomic E-state index is 0.0273. The van der Waals surface area contributed by atoms with Crippen LogP contribution in [-0.2, 0) is 9.47 Å². The van der Waals surface area contributed by atoms with Gasteiger partial charge in [-0.2, -0.15) is 0 Å². The normalized spacial score (nSPS) is 12.0. The van der Waals surface area contributed by atoms with Gasteiger partial charge in [0.15, 0.2) is 0 Å². The number of rotatable bonds is 6. The second-order valence-electron chi connectivity index (χ2n) is 5.11. The Morgan fingerprint density at radius 3 is 1.12 bits per heavy atom. The Morgan fingerprint density at radius 2 is 1.00 bits per heavy atom. The van der Waals surface area contributed by atoms with Crippen LogP contribution < -0.4 is 0 Å². The van der Waals surface area contributed by atoms with Gasteiger partial charge < -0.3 is 9.47 Å². The SMILES string of the molecule is CCC(C)(C)OC(C)(C)CC.CCOCC. The van der Waals surface area contributed by atoms with E-state index in [4.69, 9.17) is 9.47 Å². The molecule has 0 radical (unpaired) electrons. The Bertz CT molecular complexity index is 135. The molecule has 0 fully saturated rings. The van der Waals surface area contributed by atoms with Crippen molar-refractivity contribution in [2.24, 2.45) is 0 Å². The van der Waals surface area contributed by atoms with Gasteiger partial charge in [0, 0.05) is 13.2 Å². The van der Waals surface area contributed by atoms with Gasteiger partial charge in [-0.25, -0.2) is 0 Å². The Balaban J connectivity index is 0. The van der Waals surface area contributed by atoms with Gasteiger partial charge in [-0.05, 0) is 54.4 Å². The smallest absolute Gasteiger partial charge is 0.0631 e. The summed E-state index contributed by atoms with van der Waals surface area (Å²) < 4.78 is 10.8. The van der Waals surface area contributed by atoms with Crippen molar-refractivity contribution in [3.63, 3.8) is 0 Å². The van der Waals surface area contributed by atoms with E-state index in [0.717, 1.165) is 26.1 Å². The average molecular weight is 232 g/mol. The summed E-state index contributed by atoms with van der Waals surface area (Å²) in [5.74, 6) is 0. The van der Waals surface area contributed by atoms with Crippen LogP contribution in [0.3, 0.4) is 0 Å². The summed E-state index contributed by atoms with van der Waals surface area (Å²) in [5, 5.41) is 0. The summed E-state index contributed by atoms with van der Waals surface area (Å²) >= 11 is 0. The van der Waals surface area contributed by atoms with Crippen molar-refractivity contribution >= 4 is 0 Å². The zero-order chi connectivity index (χ0) is 13.2. The van der Waals surface area contributed by atoms with Crippen LogP contribution in [0.4, 0.5) is 0 Å². The van der Waals surface area contributed by atoms with Crippen molar-refractivity contribution in [3.8, 4) is 0 Å². The molecule has 0 amide bonds. The largest absolute Gasteiger partial charge is 0.382 e. The van der Waals surface area contributed by atoms with Crippen molar-refractivity contribution in [1.82, 2.24) is 0 Å². The molecule has 0 spiro atoms. The lowest BCUT2D eigenvalue weighted by Crippen LogP contribution is -2.35. The zero-order valence-corrected chi connectivity index (χ0v) is 12.6. The van der Waals surface area contributed by atoms with Crippen molar-refractivity contribution in [1.29, 1.82) is 0 Å². The third-order valence-electron chi connectivity index (χ3n) is 2.66. The van der Waals surface area contributed by atoms with Crippen LogP contribution in [0.1, 0.15) is 68.2 Å². The van der Waals surface area contributed by atoms with E-state index in [1.165, 1.54) is 0 Å². The molecular formula is C14H32O2. The van der Waals surface area contributed by atoms with E-state index in [2.05, 4.69) is 41.5 Å². The maximum atomic E-state index is 5.92. The van der Waals surface area contributed by atoms with E-state index in [9.17, 15) is 0 Å². The molecule has 0 saturated carbocycles. The van der Waals surface area contributed by atoms with E-state index in [0.29, 0.717) is 0 Å². The Morgan fingerprint density at radius 1 is 0.688 bits per heavy atom. The standard InChI is InChI=1S/C10H22O.C4H10O/c1-7-9(3,4)11-10(5,6)8-2;1-3-5-4-2/h7-8H2,1-6H3;3-4H2,1-2H3. The molecule has 0 aromatic heterocycles. The molecule has 0 rings (SSSR count). The molecule has 16 heavy (non-hydrogen) atoms. The predicted octanol–water partition coefficient (Wildman–Crippen LogP) is 4.42. The monoisotopic (exact) mass is 232 g/mol. The summed E-state index contributed by atoms with van der Waals surface area (Å²) in [7, 11) is 0. The highest BCUT2D eigenvalue weighted by atomic mass is 16.5. The quantitative estimate of drug-likeness (QED) is 0.675. The third-order valence-corrected chi connectivity index (χ3v) is 2.66. The van der Waals surface area contributed by atoms with Crippen LogP contribution in [0.5, 0.6) is 0 Å². The highest BCUT2D eigenvalue weighted by Crippen LogP contribution is 2.24. The van der Waals surface area contributed by atoms with Gasteiger partial charge in [0.05, 0.1) is 11.2 Å². The molecule has 0 aliphatic carbocycles. The summed E-state index contributed by atoms with van der Waals surface area (Å²) in [6.07, 6.45) is 2.13. The molecule has 0 N–H and O–H groups in total. The second-order valence-corrected chi connectivity index (χ2v) is 5.11. The molecule has 0 unspecified atom stereocenters. The zero-order valence-electron chi connectivity index (χ0n) is 12.6. The van der Waals surface area contributed by atoms with E-state index in [1.807, 2.05) is 13.8 Å². The molecule has 0 bridgehead atoms. The van der Waals surface area contributed by atoms with Gasteiger partial charge in [-0.3, -0.25) is 0 Å². The van der Waals surface area contributed by atoms with Crippen molar-refractivity contribution in [2.45, 2.75) is 79.4 Å². The van der Waals surface area contributed by atoms with Crippen LogP contribution in [0.2, 0.25) is 0 Å². The van der Waals surface area contributed by atoms with Crippen molar-refractivity contribution in [3.05, 3.63) is 0 Å². The van der Waals surface area contributed by atoms with E-state index < -0.39 is 0 Å². The molecule has 0 heterocycles. The van der Waals surface area contributed by atoms with Gasteiger partial charge >= 0.3 is 0 Å². The first-order valence-corrected chi connectivity index (χ1v) is 6.52. The van der Waals surface area contributed by atoms with Gasteiger partial charge in [0.1, 0.15) is 0 Å². The maximum absolute atomic E-state index is 5.92. The number of hydrogen-bond acceptors (Lipinski definition) is 2. The maximum Gasteiger partial charge on any atom is 0.0631 e. The van der Waals surface area contributed by atoms with Crippen LogP contribution >= 0.6 is 0 Å². The Kier molecular flexibility index (Phi) is 10.3. The fourth-order valence-corrected chi connectivity index (χ4v) is 1.10. The fraction of sp³-hybridized carbons (Fsp3) is 1.00. The lowest BCUT2D eigenvalue weighted by Gasteiger charge is -2.34. The van der Waals surface area contributed by atoms with Crippen LogP contribution in [-0.4, -0.2) is 24.4 Å². The van der Waals surface area contributed by atoms with Gasteiger partial charge in [-0.15, -0.1) is 0 Å². The highest BCUT2D eigenvalue weighted by Gasteiger charge is 2.25. The molecule has 2 nitrogen and oxygen atoms in total. The van der Waals surface area contributed by atoms with Crippen LogP contribution in [0.15, 0.2) is 0 Å². The van der Waals surface area contributed by atoms with E-state index in [1.54, 1.807) is 0 Å². The highest BCUT2D eigenvalue weighted by molar-refractivity contribution is 4.74. The number of hydrogen-bond donors (Lipinski definition) is 0. The molecule has 100 valence electrons. The minimum Gasteiger partial charge on any atom is -0.382 e. The molecule has 0 aromatic rings. The van der Waals surface area contributed by atoms with Gasteiger partial charge in [0.2, 0.25) is 0 Å². The van der Waals surface area contributed by atoms with E-state index in [-0.39, 0.29) is 11.2 Å². The summed E-state index contributed by atoms with van der Waals surface area (Å²) in [5.41, 5.74) is 0.0546.